The predicted octanol–water partition coefficient (Wildman–Crippen LogP) is 1.68. The molecule has 0 heterocycles. The van der Waals surface area contributed by atoms with Crippen LogP contribution >= 0.6 is 11.6 Å². The number of hydrogen-bond donors (Lipinski definition) is 1. The number of phenols is 1. The fourth-order valence-electron chi connectivity index (χ4n) is 1.35. The lowest BCUT2D eigenvalue weighted by Crippen LogP contribution is -2.29. The third kappa shape index (κ3) is 3.63. The van der Waals surface area contributed by atoms with Gasteiger partial charge in [-0.1, -0.05) is 11.6 Å². The zero-order valence-corrected chi connectivity index (χ0v) is 10.9. The van der Waals surface area contributed by atoms with E-state index < -0.39 is 11.9 Å². The van der Waals surface area contributed by atoms with Crippen molar-refractivity contribution in [1.29, 1.82) is 0 Å². The topological polar surface area (TPSA) is 66.8 Å². The number of amides is 1. The molecule has 0 unspecified atom stereocenters. The summed E-state index contributed by atoms with van der Waals surface area (Å²) in [6.07, 6.45) is 0.0973. The van der Waals surface area contributed by atoms with Crippen molar-refractivity contribution in [3.63, 3.8) is 0 Å². The summed E-state index contributed by atoms with van der Waals surface area (Å²) in [5.41, 5.74) is 0.106. The Morgan fingerprint density at radius 3 is 2.72 bits per heavy atom. The van der Waals surface area contributed by atoms with E-state index in [1.54, 1.807) is 0 Å². The molecule has 1 aromatic rings. The van der Waals surface area contributed by atoms with Crippen molar-refractivity contribution in [1.82, 2.24) is 4.90 Å². The van der Waals surface area contributed by atoms with Crippen molar-refractivity contribution in [3.8, 4) is 5.75 Å². The molecular weight excluding hydrogens is 258 g/mol. The summed E-state index contributed by atoms with van der Waals surface area (Å²) < 4.78 is 4.48. The number of benzene rings is 1. The Hall–Kier alpha value is -1.75. The Balaban J connectivity index is 2.74. The van der Waals surface area contributed by atoms with Gasteiger partial charge in [-0.2, -0.15) is 0 Å². The van der Waals surface area contributed by atoms with E-state index >= 15 is 0 Å². The molecule has 5 nitrogen and oxygen atoms in total. The third-order valence-corrected chi connectivity index (χ3v) is 2.65. The smallest absolute Gasteiger partial charge is 0.307 e. The van der Waals surface area contributed by atoms with Gasteiger partial charge in [0.25, 0.3) is 5.91 Å². The lowest BCUT2D eigenvalue weighted by atomic mass is 10.1. The second-order valence-corrected chi connectivity index (χ2v) is 4.15. The number of esters is 1. The van der Waals surface area contributed by atoms with Gasteiger partial charge < -0.3 is 14.7 Å². The molecular formula is C12H14ClNO4. The first kappa shape index (κ1) is 14.3. The van der Waals surface area contributed by atoms with Crippen LogP contribution in [0.25, 0.3) is 0 Å². The van der Waals surface area contributed by atoms with E-state index in [0.717, 1.165) is 0 Å². The van der Waals surface area contributed by atoms with Gasteiger partial charge in [0.1, 0.15) is 5.75 Å². The number of methoxy groups -OCH3 is 1. The molecule has 1 N–H and O–H groups in total. The van der Waals surface area contributed by atoms with Gasteiger partial charge in [0.2, 0.25) is 0 Å². The first-order valence-corrected chi connectivity index (χ1v) is 5.64. The molecule has 0 aliphatic heterocycles. The van der Waals surface area contributed by atoms with Crippen LogP contribution in [-0.4, -0.2) is 42.6 Å². The molecule has 0 atom stereocenters. The number of nitrogens with zero attached hydrogens (tertiary/aromatic N) is 1. The van der Waals surface area contributed by atoms with Crippen LogP contribution in [0.5, 0.6) is 5.75 Å². The molecule has 0 saturated carbocycles. The summed E-state index contributed by atoms with van der Waals surface area (Å²) in [6, 6.07) is 4.22. The fourth-order valence-corrected chi connectivity index (χ4v) is 1.52. The Kier molecular flexibility index (Phi) is 4.97. The monoisotopic (exact) mass is 271 g/mol. The molecule has 1 rings (SSSR count). The highest BCUT2D eigenvalue weighted by atomic mass is 35.5. The molecule has 6 heteroatoms. The van der Waals surface area contributed by atoms with Gasteiger partial charge in [0.15, 0.2) is 0 Å². The molecule has 0 fully saturated rings. The molecule has 0 aromatic heterocycles. The summed E-state index contributed by atoms with van der Waals surface area (Å²) in [5, 5.41) is 9.94. The van der Waals surface area contributed by atoms with Crippen LogP contribution in [0.15, 0.2) is 18.2 Å². The molecule has 0 radical (unpaired) electrons. The Morgan fingerprint density at radius 1 is 1.44 bits per heavy atom. The number of aromatic hydroxyl groups is 1. The van der Waals surface area contributed by atoms with Crippen molar-refractivity contribution >= 4 is 23.5 Å². The summed E-state index contributed by atoms with van der Waals surface area (Å²) in [4.78, 5) is 24.3. The van der Waals surface area contributed by atoms with Gasteiger partial charge in [-0.25, -0.2) is 0 Å². The second kappa shape index (κ2) is 6.26. The van der Waals surface area contributed by atoms with Gasteiger partial charge in [0, 0.05) is 18.6 Å². The predicted molar refractivity (Wildman–Crippen MR) is 66.7 cm³/mol. The van der Waals surface area contributed by atoms with E-state index in [-0.39, 0.29) is 24.3 Å². The Labute approximate surface area is 110 Å². The molecule has 0 saturated heterocycles. The number of rotatable bonds is 4. The lowest BCUT2D eigenvalue weighted by molar-refractivity contribution is -0.140. The van der Waals surface area contributed by atoms with Crippen molar-refractivity contribution < 1.29 is 19.4 Å². The first-order valence-electron chi connectivity index (χ1n) is 5.26. The van der Waals surface area contributed by atoms with Gasteiger partial charge in [-0.05, 0) is 18.2 Å². The lowest BCUT2D eigenvalue weighted by Gasteiger charge is -2.17. The van der Waals surface area contributed by atoms with Crippen molar-refractivity contribution in [2.75, 3.05) is 20.7 Å². The maximum atomic E-state index is 12.0. The fraction of sp³-hybridized carbons (Fsp3) is 0.333. The molecule has 0 spiro atoms. The van der Waals surface area contributed by atoms with Crippen molar-refractivity contribution in [3.05, 3.63) is 28.8 Å². The summed E-state index contributed by atoms with van der Waals surface area (Å²) in [6.45, 7) is 0.206. The highest BCUT2D eigenvalue weighted by Gasteiger charge is 2.17. The van der Waals surface area contributed by atoms with Gasteiger partial charge in [-0.3, -0.25) is 9.59 Å². The molecule has 0 aliphatic rings. The number of carbonyl (C=O) groups is 2. The minimum Gasteiger partial charge on any atom is -0.507 e. The minimum atomic E-state index is -0.404. The summed E-state index contributed by atoms with van der Waals surface area (Å²) in [7, 11) is 2.82. The third-order valence-electron chi connectivity index (χ3n) is 2.41. The minimum absolute atomic E-state index is 0.0973. The molecule has 1 amide bonds. The van der Waals surface area contributed by atoms with Crippen molar-refractivity contribution in [2.24, 2.45) is 0 Å². The maximum Gasteiger partial charge on any atom is 0.307 e. The molecule has 0 bridgehead atoms. The van der Waals surface area contributed by atoms with E-state index in [1.807, 2.05) is 0 Å². The van der Waals surface area contributed by atoms with Crippen LogP contribution in [-0.2, 0) is 9.53 Å². The molecule has 98 valence electrons. The first-order chi connectivity index (χ1) is 8.45. The van der Waals surface area contributed by atoms with E-state index in [4.69, 9.17) is 11.6 Å². The number of hydrogen-bond acceptors (Lipinski definition) is 4. The van der Waals surface area contributed by atoms with Crippen LogP contribution in [0.1, 0.15) is 16.8 Å². The zero-order valence-electron chi connectivity index (χ0n) is 10.1. The van der Waals surface area contributed by atoms with Gasteiger partial charge >= 0.3 is 5.97 Å². The Bertz CT molecular complexity index is 461. The Morgan fingerprint density at radius 2 is 2.11 bits per heavy atom. The van der Waals surface area contributed by atoms with Crippen LogP contribution in [0.3, 0.4) is 0 Å². The molecule has 1 aromatic carbocycles. The highest BCUT2D eigenvalue weighted by molar-refractivity contribution is 6.31. The zero-order chi connectivity index (χ0) is 13.7. The van der Waals surface area contributed by atoms with E-state index in [1.165, 1.54) is 37.3 Å². The summed E-state index contributed by atoms with van der Waals surface area (Å²) in [5.74, 6) is -0.946. The van der Waals surface area contributed by atoms with Crippen molar-refractivity contribution in [2.45, 2.75) is 6.42 Å². The van der Waals surface area contributed by atoms with E-state index in [2.05, 4.69) is 4.74 Å². The van der Waals surface area contributed by atoms with Crippen LogP contribution in [0.4, 0.5) is 0 Å². The maximum absolute atomic E-state index is 12.0. The largest absolute Gasteiger partial charge is 0.507 e. The second-order valence-electron chi connectivity index (χ2n) is 3.71. The molecule has 0 aliphatic carbocycles. The van der Waals surface area contributed by atoms with E-state index in [0.29, 0.717) is 5.02 Å². The standard InChI is InChI=1S/C12H14ClNO4/c1-14(6-5-11(16)18-2)12(17)9-7-8(13)3-4-10(9)15/h3-4,7,15H,5-6H2,1-2H3. The quantitative estimate of drug-likeness (QED) is 0.846. The number of ether oxygens (including phenoxy) is 1. The SMILES string of the molecule is COC(=O)CCN(C)C(=O)c1cc(Cl)ccc1O. The summed E-state index contributed by atoms with van der Waals surface area (Å²) >= 11 is 5.76. The average molecular weight is 272 g/mol. The number of phenolic OH excluding ortho intramolecular Hbond substituents is 1. The van der Waals surface area contributed by atoms with Crippen LogP contribution in [0, 0.1) is 0 Å². The number of carbonyl (C=O) groups excluding carboxylic acids is 2. The normalized spacial score (nSPS) is 9.94. The number of halogens is 1. The van der Waals surface area contributed by atoms with Gasteiger partial charge in [0.05, 0.1) is 19.1 Å². The van der Waals surface area contributed by atoms with Crippen LogP contribution < -0.4 is 0 Å². The van der Waals surface area contributed by atoms with Gasteiger partial charge in [-0.15, -0.1) is 0 Å². The van der Waals surface area contributed by atoms with Crippen LogP contribution in [0.2, 0.25) is 5.02 Å². The molecule has 18 heavy (non-hydrogen) atoms. The van der Waals surface area contributed by atoms with E-state index in [9.17, 15) is 14.7 Å². The highest BCUT2D eigenvalue weighted by Crippen LogP contribution is 2.22. The average Bonchev–Trinajstić information content (AvgIpc) is 2.37.